The molecule has 21 heavy (non-hydrogen) atoms. The number of hydrogen-bond acceptors (Lipinski definition) is 4. The predicted octanol–water partition coefficient (Wildman–Crippen LogP) is 2.72. The lowest BCUT2D eigenvalue weighted by molar-refractivity contribution is -0.385. The number of anilines is 1. The summed E-state index contributed by atoms with van der Waals surface area (Å²) in [5.74, 6) is 0.0536. The van der Waals surface area contributed by atoms with E-state index in [1.807, 2.05) is 4.90 Å². The zero-order chi connectivity index (χ0) is 15.4. The predicted molar refractivity (Wildman–Crippen MR) is 81.3 cm³/mol. The van der Waals surface area contributed by atoms with Gasteiger partial charge in [0, 0.05) is 30.4 Å². The maximum atomic E-state index is 12.3. The number of carbonyl (C=O) groups is 1. The number of piperidine rings is 1. The molecule has 1 fully saturated rings. The number of carbonyl (C=O) groups excluding carboxylic acids is 1. The average molecular weight is 291 g/mol. The first-order chi connectivity index (χ1) is 9.99. The van der Waals surface area contributed by atoms with E-state index in [0.29, 0.717) is 11.3 Å². The summed E-state index contributed by atoms with van der Waals surface area (Å²) in [6.45, 7) is 5.10. The molecule has 1 atom stereocenters. The number of nitro groups is 1. The van der Waals surface area contributed by atoms with E-state index >= 15 is 0 Å². The Kier molecular flexibility index (Phi) is 4.77. The summed E-state index contributed by atoms with van der Waals surface area (Å²) in [7, 11) is 0. The van der Waals surface area contributed by atoms with Crippen LogP contribution in [0.5, 0.6) is 0 Å². The molecule has 1 aromatic carbocycles. The normalized spacial score (nSPS) is 16.4. The second kappa shape index (κ2) is 6.56. The lowest BCUT2D eigenvalue weighted by atomic mass is 10.1. The Morgan fingerprint density at radius 1 is 1.33 bits per heavy atom. The summed E-state index contributed by atoms with van der Waals surface area (Å²) in [5.41, 5.74) is 1.28. The topological polar surface area (TPSA) is 75.5 Å². The Bertz CT molecular complexity index is 539. The Hall–Kier alpha value is -2.11. The van der Waals surface area contributed by atoms with E-state index in [4.69, 9.17) is 0 Å². The summed E-state index contributed by atoms with van der Waals surface area (Å²) in [5, 5.41) is 14.0. The first-order valence-electron chi connectivity index (χ1n) is 7.29. The van der Waals surface area contributed by atoms with E-state index in [9.17, 15) is 14.9 Å². The fourth-order valence-electron chi connectivity index (χ4n) is 2.60. The number of hydrogen-bond donors (Lipinski definition) is 1. The van der Waals surface area contributed by atoms with Gasteiger partial charge in [-0.1, -0.05) is 6.07 Å². The highest BCUT2D eigenvalue weighted by Crippen LogP contribution is 2.23. The number of nitro benzene ring substituents is 1. The zero-order valence-electron chi connectivity index (χ0n) is 12.5. The molecule has 1 unspecified atom stereocenters. The van der Waals surface area contributed by atoms with Gasteiger partial charge in [0.2, 0.25) is 5.91 Å². The van der Waals surface area contributed by atoms with E-state index in [2.05, 4.69) is 5.32 Å². The molecular weight excluding hydrogens is 270 g/mol. The molecule has 114 valence electrons. The molecule has 1 aromatic rings. The lowest BCUT2D eigenvalue weighted by Crippen LogP contribution is -2.43. The second-order valence-corrected chi connectivity index (χ2v) is 5.51. The van der Waals surface area contributed by atoms with Crippen LogP contribution in [0.3, 0.4) is 0 Å². The maximum absolute atomic E-state index is 12.3. The zero-order valence-corrected chi connectivity index (χ0v) is 12.5. The van der Waals surface area contributed by atoms with Gasteiger partial charge in [0.15, 0.2) is 0 Å². The van der Waals surface area contributed by atoms with Crippen molar-refractivity contribution in [1.29, 1.82) is 0 Å². The number of aryl methyl sites for hydroxylation is 1. The number of nitrogens with one attached hydrogen (secondary N) is 1. The summed E-state index contributed by atoms with van der Waals surface area (Å²) < 4.78 is 0. The van der Waals surface area contributed by atoms with Gasteiger partial charge in [-0.2, -0.15) is 0 Å². The van der Waals surface area contributed by atoms with Crippen molar-refractivity contribution in [3.63, 3.8) is 0 Å². The van der Waals surface area contributed by atoms with E-state index in [1.54, 1.807) is 26.0 Å². The number of benzene rings is 1. The Labute approximate surface area is 124 Å². The molecule has 1 saturated heterocycles. The van der Waals surface area contributed by atoms with Gasteiger partial charge in [-0.15, -0.1) is 0 Å². The standard InChI is InChI=1S/C15H21N3O3/c1-11-6-7-13(10-14(11)18(20)21)16-12(2)15(19)17-8-4-3-5-9-17/h6-7,10,12,16H,3-5,8-9H2,1-2H3. The first kappa shape index (κ1) is 15.3. The van der Waals surface area contributed by atoms with E-state index in [0.717, 1.165) is 25.9 Å². The molecule has 1 aliphatic heterocycles. The molecule has 0 radical (unpaired) electrons. The van der Waals surface area contributed by atoms with Crippen LogP contribution < -0.4 is 5.32 Å². The van der Waals surface area contributed by atoms with Gasteiger partial charge in [-0.25, -0.2) is 0 Å². The van der Waals surface area contributed by atoms with Gasteiger partial charge in [0.1, 0.15) is 6.04 Å². The summed E-state index contributed by atoms with van der Waals surface area (Å²) in [4.78, 5) is 24.7. The van der Waals surface area contributed by atoms with Crippen LogP contribution in [-0.2, 0) is 4.79 Å². The van der Waals surface area contributed by atoms with Crippen LogP contribution in [0.2, 0.25) is 0 Å². The molecule has 2 rings (SSSR count). The second-order valence-electron chi connectivity index (χ2n) is 5.51. The fraction of sp³-hybridized carbons (Fsp3) is 0.533. The lowest BCUT2D eigenvalue weighted by Gasteiger charge is -2.29. The summed E-state index contributed by atoms with van der Waals surface area (Å²) in [6, 6.07) is 4.56. The molecule has 1 amide bonds. The van der Waals surface area contributed by atoms with Crippen molar-refractivity contribution in [2.45, 2.75) is 39.2 Å². The number of likely N-dealkylation sites (tertiary alicyclic amines) is 1. The van der Waals surface area contributed by atoms with Gasteiger partial charge < -0.3 is 10.2 Å². The number of rotatable bonds is 4. The minimum atomic E-state index is -0.405. The minimum absolute atomic E-state index is 0.0536. The molecule has 1 aliphatic rings. The van der Waals surface area contributed by atoms with Crippen LogP contribution in [0.4, 0.5) is 11.4 Å². The van der Waals surface area contributed by atoms with Gasteiger partial charge in [0.05, 0.1) is 4.92 Å². The molecule has 0 aliphatic carbocycles. The van der Waals surface area contributed by atoms with Gasteiger partial charge in [-0.3, -0.25) is 14.9 Å². The van der Waals surface area contributed by atoms with Crippen molar-refractivity contribution in [2.24, 2.45) is 0 Å². The Morgan fingerprint density at radius 3 is 2.62 bits per heavy atom. The van der Waals surface area contributed by atoms with Crippen LogP contribution in [0, 0.1) is 17.0 Å². The van der Waals surface area contributed by atoms with E-state index in [-0.39, 0.29) is 17.6 Å². The van der Waals surface area contributed by atoms with Crippen molar-refractivity contribution in [3.05, 3.63) is 33.9 Å². The smallest absolute Gasteiger partial charge is 0.274 e. The third-order valence-electron chi connectivity index (χ3n) is 3.83. The van der Waals surface area contributed by atoms with Gasteiger partial charge >= 0.3 is 0 Å². The molecule has 1 heterocycles. The SMILES string of the molecule is Cc1ccc(NC(C)C(=O)N2CCCCC2)cc1[N+](=O)[O-]. The molecule has 1 N–H and O–H groups in total. The fourth-order valence-corrected chi connectivity index (χ4v) is 2.60. The minimum Gasteiger partial charge on any atom is -0.374 e. The molecule has 0 aromatic heterocycles. The van der Waals surface area contributed by atoms with Crippen molar-refractivity contribution in [1.82, 2.24) is 4.90 Å². The molecular formula is C15H21N3O3. The number of amides is 1. The van der Waals surface area contributed by atoms with Crippen molar-refractivity contribution < 1.29 is 9.72 Å². The summed E-state index contributed by atoms with van der Waals surface area (Å²) >= 11 is 0. The highest BCUT2D eigenvalue weighted by atomic mass is 16.6. The highest BCUT2D eigenvalue weighted by molar-refractivity contribution is 5.84. The van der Waals surface area contributed by atoms with E-state index in [1.165, 1.54) is 12.5 Å². The van der Waals surface area contributed by atoms with Crippen LogP contribution in [0.25, 0.3) is 0 Å². The van der Waals surface area contributed by atoms with Gasteiger partial charge in [-0.05, 0) is 39.2 Å². The van der Waals surface area contributed by atoms with Crippen molar-refractivity contribution in [2.75, 3.05) is 18.4 Å². The average Bonchev–Trinajstić information content (AvgIpc) is 2.49. The first-order valence-corrected chi connectivity index (χ1v) is 7.29. The van der Waals surface area contributed by atoms with Crippen LogP contribution in [0.15, 0.2) is 18.2 Å². The number of nitrogens with zero attached hydrogens (tertiary/aromatic N) is 2. The van der Waals surface area contributed by atoms with E-state index < -0.39 is 4.92 Å². The third kappa shape index (κ3) is 3.71. The molecule has 0 bridgehead atoms. The largest absolute Gasteiger partial charge is 0.374 e. The van der Waals surface area contributed by atoms with Crippen LogP contribution in [0.1, 0.15) is 31.7 Å². The Morgan fingerprint density at radius 2 is 2.00 bits per heavy atom. The molecule has 6 nitrogen and oxygen atoms in total. The van der Waals surface area contributed by atoms with Crippen LogP contribution >= 0.6 is 0 Å². The molecule has 6 heteroatoms. The molecule has 0 saturated carbocycles. The quantitative estimate of drug-likeness (QED) is 0.683. The monoisotopic (exact) mass is 291 g/mol. The molecule has 0 spiro atoms. The highest BCUT2D eigenvalue weighted by Gasteiger charge is 2.22. The Balaban J connectivity index is 2.05. The van der Waals surface area contributed by atoms with Crippen molar-refractivity contribution in [3.8, 4) is 0 Å². The third-order valence-corrected chi connectivity index (χ3v) is 3.83. The maximum Gasteiger partial charge on any atom is 0.274 e. The van der Waals surface area contributed by atoms with Crippen molar-refractivity contribution >= 4 is 17.3 Å². The summed E-state index contributed by atoms with van der Waals surface area (Å²) in [6.07, 6.45) is 3.28. The van der Waals surface area contributed by atoms with Gasteiger partial charge in [0.25, 0.3) is 5.69 Å². The van der Waals surface area contributed by atoms with Crippen LogP contribution in [-0.4, -0.2) is 34.9 Å².